The molecule has 9 heteroatoms. The highest BCUT2D eigenvalue weighted by Crippen LogP contribution is 2.28. The van der Waals surface area contributed by atoms with E-state index in [1.807, 2.05) is 6.07 Å². The number of nitrogens with zero attached hydrogens (tertiary/aromatic N) is 2. The molecule has 1 aromatic heterocycles. The van der Waals surface area contributed by atoms with E-state index in [9.17, 15) is 18.8 Å². The number of thiophene rings is 1. The number of carbonyl (C=O) groups excluding carboxylic acids is 3. The monoisotopic (exact) mass is 401 g/mol. The van der Waals surface area contributed by atoms with Crippen molar-refractivity contribution in [2.45, 2.75) is 19.4 Å². The third kappa shape index (κ3) is 4.02. The number of carbonyl (C=O) groups is 3. The Labute approximate surface area is 164 Å². The van der Waals surface area contributed by atoms with Crippen LogP contribution in [0.4, 0.5) is 15.1 Å². The van der Waals surface area contributed by atoms with Gasteiger partial charge in [-0.15, -0.1) is 11.3 Å². The first kappa shape index (κ1) is 19.5. The minimum Gasteiger partial charge on any atom is -0.452 e. The molecule has 3 rings (SSSR count). The average Bonchev–Trinajstić information content (AvgIpc) is 3.28. The fraction of sp³-hybridized carbons (Fsp3) is 0.263. The maximum atomic E-state index is 13.9. The van der Waals surface area contributed by atoms with Gasteiger partial charge in [-0.3, -0.25) is 14.4 Å². The lowest BCUT2D eigenvalue weighted by molar-refractivity contribution is -0.157. The number of hydrogen-bond donors (Lipinski definition) is 1. The lowest BCUT2D eigenvalue weighted by Gasteiger charge is -2.18. The zero-order valence-corrected chi connectivity index (χ0v) is 15.7. The van der Waals surface area contributed by atoms with Gasteiger partial charge in [-0.25, -0.2) is 4.39 Å². The van der Waals surface area contributed by atoms with Gasteiger partial charge in [-0.1, -0.05) is 12.1 Å². The van der Waals surface area contributed by atoms with Gasteiger partial charge in [0.2, 0.25) is 5.91 Å². The van der Waals surface area contributed by atoms with Crippen molar-refractivity contribution in [3.8, 4) is 6.07 Å². The Balaban J connectivity index is 1.60. The molecule has 1 saturated heterocycles. The van der Waals surface area contributed by atoms with Crippen LogP contribution in [0.5, 0.6) is 0 Å². The molecule has 0 bridgehead atoms. The fourth-order valence-corrected chi connectivity index (χ4v) is 3.54. The van der Waals surface area contributed by atoms with Crippen LogP contribution in [0.15, 0.2) is 35.7 Å². The minimum atomic E-state index is -1.11. The van der Waals surface area contributed by atoms with Gasteiger partial charge < -0.3 is 15.0 Å². The first-order valence-corrected chi connectivity index (χ1v) is 9.32. The molecule has 0 radical (unpaired) electrons. The molecule has 144 valence electrons. The summed E-state index contributed by atoms with van der Waals surface area (Å²) in [7, 11) is 0. The Morgan fingerprint density at radius 2 is 2.14 bits per heavy atom. The number of ether oxygens (including phenoxy) is 1. The summed E-state index contributed by atoms with van der Waals surface area (Å²) in [5.74, 6) is -3.02. The normalized spacial score (nSPS) is 17.1. The highest BCUT2D eigenvalue weighted by Gasteiger charge is 2.38. The zero-order valence-electron chi connectivity index (χ0n) is 14.8. The number of benzene rings is 1. The summed E-state index contributed by atoms with van der Waals surface area (Å²) >= 11 is 1.18. The van der Waals surface area contributed by atoms with Crippen molar-refractivity contribution in [1.29, 1.82) is 5.26 Å². The Morgan fingerprint density at radius 1 is 1.39 bits per heavy atom. The standard InChI is InChI=1S/C19H16FN3O4S/c1-11(17(25)22-18-12(9-21)6-7-28-18)27-19(26)13-8-16(24)23(10-13)15-5-3-2-4-14(15)20/h2-7,11,13H,8,10H2,1H3,(H,22,25)/t11-,13-/m0/s1. The molecule has 0 unspecified atom stereocenters. The molecule has 0 aliphatic carbocycles. The first-order chi connectivity index (χ1) is 13.4. The second-order valence-corrected chi connectivity index (χ2v) is 7.12. The van der Waals surface area contributed by atoms with Crippen LogP contribution < -0.4 is 10.2 Å². The molecule has 0 spiro atoms. The Hall–Kier alpha value is -3.25. The number of nitrogens with one attached hydrogen (secondary N) is 1. The van der Waals surface area contributed by atoms with Gasteiger partial charge in [0.25, 0.3) is 5.91 Å². The number of nitriles is 1. The maximum absolute atomic E-state index is 13.9. The van der Waals surface area contributed by atoms with Crippen molar-refractivity contribution in [2.24, 2.45) is 5.92 Å². The van der Waals surface area contributed by atoms with Gasteiger partial charge in [0.1, 0.15) is 16.9 Å². The summed E-state index contributed by atoms with van der Waals surface area (Å²) in [6.45, 7) is 1.38. The molecular weight excluding hydrogens is 385 g/mol. The smallest absolute Gasteiger partial charge is 0.312 e. The topological polar surface area (TPSA) is 99.5 Å². The molecule has 7 nitrogen and oxygen atoms in total. The number of para-hydroxylation sites is 1. The molecule has 0 saturated carbocycles. The second kappa shape index (κ2) is 8.19. The van der Waals surface area contributed by atoms with E-state index in [0.29, 0.717) is 10.6 Å². The van der Waals surface area contributed by atoms with Gasteiger partial charge >= 0.3 is 5.97 Å². The van der Waals surface area contributed by atoms with Crippen molar-refractivity contribution in [1.82, 2.24) is 0 Å². The lowest BCUT2D eigenvalue weighted by Crippen LogP contribution is -2.33. The highest BCUT2D eigenvalue weighted by molar-refractivity contribution is 7.14. The summed E-state index contributed by atoms with van der Waals surface area (Å²) in [5, 5.41) is 13.5. The number of esters is 1. The highest BCUT2D eigenvalue weighted by atomic mass is 32.1. The van der Waals surface area contributed by atoms with Crippen LogP contribution in [-0.2, 0) is 19.1 Å². The van der Waals surface area contributed by atoms with E-state index in [1.54, 1.807) is 17.5 Å². The van der Waals surface area contributed by atoms with Gasteiger partial charge in [0.05, 0.1) is 17.2 Å². The van der Waals surface area contributed by atoms with Crippen LogP contribution in [0.1, 0.15) is 18.9 Å². The van der Waals surface area contributed by atoms with E-state index in [1.165, 1.54) is 41.4 Å². The number of amides is 2. The predicted octanol–water partition coefficient (Wildman–Crippen LogP) is 2.68. The molecule has 28 heavy (non-hydrogen) atoms. The number of halogens is 1. The Morgan fingerprint density at radius 3 is 2.86 bits per heavy atom. The quantitative estimate of drug-likeness (QED) is 0.777. The molecule has 1 N–H and O–H groups in total. The fourth-order valence-electron chi connectivity index (χ4n) is 2.80. The van der Waals surface area contributed by atoms with E-state index < -0.39 is 29.7 Å². The van der Waals surface area contributed by atoms with Crippen molar-refractivity contribution in [2.75, 3.05) is 16.8 Å². The summed E-state index contributed by atoms with van der Waals surface area (Å²) in [4.78, 5) is 38.0. The van der Waals surface area contributed by atoms with Crippen LogP contribution in [0.2, 0.25) is 0 Å². The van der Waals surface area contributed by atoms with Crippen LogP contribution in [0.25, 0.3) is 0 Å². The van der Waals surface area contributed by atoms with Gasteiger partial charge in [-0.05, 0) is 30.5 Å². The summed E-state index contributed by atoms with van der Waals surface area (Å²) in [6.07, 6.45) is -1.23. The van der Waals surface area contributed by atoms with E-state index in [-0.39, 0.29) is 24.6 Å². The summed E-state index contributed by atoms with van der Waals surface area (Å²) in [5.41, 5.74) is 0.425. The summed E-state index contributed by atoms with van der Waals surface area (Å²) in [6, 6.07) is 9.33. The van der Waals surface area contributed by atoms with Crippen LogP contribution >= 0.6 is 11.3 Å². The predicted molar refractivity (Wildman–Crippen MR) is 100 cm³/mol. The number of rotatable bonds is 5. The van der Waals surface area contributed by atoms with Crippen molar-refractivity contribution in [3.05, 3.63) is 47.1 Å². The molecule has 2 heterocycles. The third-order valence-electron chi connectivity index (χ3n) is 4.29. The second-order valence-electron chi connectivity index (χ2n) is 6.20. The number of anilines is 2. The molecule has 1 fully saturated rings. The van der Waals surface area contributed by atoms with Gasteiger partial charge in [0.15, 0.2) is 6.10 Å². The SMILES string of the molecule is C[C@H](OC(=O)[C@H]1CC(=O)N(c2ccccc2F)C1)C(=O)Nc1sccc1C#N. The van der Waals surface area contributed by atoms with Crippen LogP contribution in [0.3, 0.4) is 0 Å². The van der Waals surface area contributed by atoms with Gasteiger partial charge in [-0.2, -0.15) is 5.26 Å². The van der Waals surface area contributed by atoms with Crippen molar-refractivity contribution >= 4 is 39.8 Å². The van der Waals surface area contributed by atoms with Crippen LogP contribution in [0, 0.1) is 23.1 Å². The lowest BCUT2D eigenvalue weighted by atomic mass is 10.1. The Kier molecular flexibility index (Phi) is 5.70. The molecule has 2 aromatic rings. The van der Waals surface area contributed by atoms with E-state index in [2.05, 4.69) is 5.32 Å². The molecule has 2 amide bonds. The molecule has 1 aliphatic rings. The molecule has 1 aliphatic heterocycles. The average molecular weight is 401 g/mol. The van der Waals surface area contributed by atoms with E-state index in [0.717, 1.165) is 0 Å². The number of hydrogen-bond acceptors (Lipinski definition) is 6. The largest absolute Gasteiger partial charge is 0.452 e. The zero-order chi connectivity index (χ0) is 20.3. The van der Waals surface area contributed by atoms with Crippen LogP contribution in [-0.4, -0.2) is 30.4 Å². The summed E-state index contributed by atoms with van der Waals surface area (Å²) < 4.78 is 19.1. The van der Waals surface area contributed by atoms with E-state index >= 15 is 0 Å². The van der Waals surface area contributed by atoms with E-state index in [4.69, 9.17) is 10.00 Å². The molecular formula is C19H16FN3O4S. The molecule has 1 aromatic carbocycles. The first-order valence-electron chi connectivity index (χ1n) is 8.44. The maximum Gasteiger partial charge on any atom is 0.312 e. The minimum absolute atomic E-state index is 0.0174. The van der Waals surface area contributed by atoms with Gasteiger partial charge in [0, 0.05) is 13.0 Å². The van der Waals surface area contributed by atoms with Crippen molar-refractivity contribution in [3.63, 3.8) is 0 Å². The third-order valence-corrected chi connectivity index (χ3v) is 5.12. The molecule has 2 atom stereocenters. The van der Waals surface area contributed by atoms with Crippen molar-refractivity contribution < 1.29 is 23.5 Å². The Bertz CT molecular complexity index is 968.